The van der Waals surface area contributed by atoms with Crippen LogP contribution in [-0.4, -0.2) is 18.0 Å². The van der Waals surface area contributed by atoms with Crippen LogP contribution in [0.15, 0.2) is 0 Å². The number of carbonyl (C=O) groups excluding carboxylic acids is 1. The van der Waals surface area contributed by atoms with Crippen molar-refractivity contribution in [2.75, 3.05) is 6.54 Å². The Morgan fingerprint density at radius 1 is 1.29 bits per heavy atom. The van der Waals surface area contributed by atoms with Crippen LogP contribution in [-0.2, 0) is 4.79 Å². The molecule has 0 fully saturated rings. The Kier molecular flexibility index (Phi) is 6.54. The van der Waals surface area contributed by atoms with Gasteiger partial charge in [0.25, 0.3) is 0 Å². The van der Waals surface area contributed by atoms with E-state index in [1.165, 1.54) is 0 Å². The van der Waals surface area contributed by atoms with Gasteiger partial charge in [-0.3, -0.25) is 4.79 Å². The molecule has 0 rings (SSSR count). The molecule has 0 bridgehead atoms. The Morgan fingerprint density at radius 3 is 2.43 bits per heavy atom. The van der Waals surface area contributed by atoms with Crippen molar-refractivity contribution in [3.8, 4) is 0 Å². The lowest BCUT2D eigenvalue weighted by Gasteiger charge is -2.24. The second-order valence-electron chi connectivity index (χ2n) is 4.38. The van der Waals surface area contributed by atoms with Crippen molar-refractivity contribution in [2.24, 2.45) is 5.73 Å². The van der Waals surface area contributed by atoms with Crippen LogP contribution < -0.4 is 11.1 Å². The molecule has 0 atom stereocenters. The first-order valence-electron chi connectivity index (χ1n) is 5.53. The van der Waals surface area contributed by atoms with Gasteiger partial charge in [-0.15, -0.1) is 0 Å². The molecule has 0 aromatic rings. The monoisotopic (exact) mass is 200 g/mol. The standard InChI is InChI=1S/C11H24N2O/c1-4-11(2,3)13-10(14)8-6-5-7-9-12/h4-9,12H2,1-3H3,(H,13,14). The van der Waals surface area contributed by atoms with Gasteiger partial charge in [0, 0.05) is 12.0 Å². The first-order valence-corrected chi connectivity index (χ1v) is 5.53. The third-order valence-corrected chi connectivity index (χ3v) is 2.47. The van der Waals surface area contributed by atoms with Crippen LogP contribution in [0.2, 0.25) is 0 Å². The molecule has 0 heterocycles. The molecule has 0 aromatic carbocycles. The van der Waals surface area contributed by atoms with E-state index < -0.39 is 0 Å². The molecular formula is C11H24N2O. The predicted octanol–water partition coefficient (Wildman–Crippen LogP) is 1.81. The highest BCUT2D eigenvalue weighted by Gasteiger charge is 2.16. The SMILES string of the molecule is CCC(C)(C)NC(=O)CCCCCN. The van der Waals surface area contributed by atoms with Gasteiger partial charge in [-0.05, 0) is 39.7 Å². The van der Waals surface area contributed by atoms with Crippen LogP contribution in [0.5, 0.6) is 0 Å². The molecule has 0 aliphatic heterocycles. The normalized spacial score (nSPS) is 11.4. The first-order chi connectivity index (χ1) is 6.52. The molecule has 84 valence electrons. The van der Waals surface area contributed by atoms with Crippen molar-refractivity contribution in [1.29, 1.82) is 0 Å². The van der Waals surface area contributed by atoms with Crippen molar-refractivity contribution in [1.82, 2.24) is 5.32 Å². The van der Waals surface area contributed by atoms with E-state index in [2.05, 4.69) is 12.2 Å². The van der Waals surface area contributed by atoms with E-state index in [-0.39, 0.29) is 11.4 Å². The number of unbranched alkanes of at least 4 members (excludes halogenated alkanes) is 2. The van der Waals surface area contributed by atoms with Gasteiger partial charge in [-0.2, -0.15) is 0 Å². The average molecular weight is 200 g/mol. The Bertz CT molecular complexity index is 167. The van der Waals surface area contributed by atoms with E-state index in [0.29, 0.717) is 6.42 Å². The lowest BCUT2D eigenvalue weighted by atomic mass is 10.0. The fraction of sp³-hybridized carbons (Fsp3) is 0.909. The van der Waals surface area contributed by atoms with Gasteiger partial charge in [-0.1, -0.05) is 13.3 Å². The van der Waals surface area contributed by atoms with Crippen LogP contribution in [0.25, 0.3) is 0 Å². The fourth-order valence-electron chi connectivity index (χ4n) is 1.13. The van der Waals surface area contributed by atoms with E-state index in [0.717, 1.165) is 32.2 Å². The Morgan fingerprint density at radius 2 is 1.93 bits per heavy atom. The molecule has 3 nitrogen and oxygen atoms in total. The molecule has 0 spiro atoms. The van der Waals surface area contributed by atoms with Gasteiger partial charge >= 0.3 is 0 Å². The molecule has 0 saturated carbocycles. The summed E-state index contributed by atoms with van der Waals surface area (Å²) in [6.07, 6.45) is 4.61. The Balaban J connectivity index is 3.55. The summed E-state index contributed by atoms with van der Waals surface area (Å²) < 4.78 is 0. The summed E-state index contributed by atoms with van der Waals surface area (Å²) in [5.74, 6) is 0.161. The molecule has 1 amide bonds. The van der Waals surface area contributed by atoms with Gasteiger partial charge in [0.2, 0.25) is 5.91 Å². The van der Waals surface area contributed by atoms with E-state index in [1.54, 1.807) is 0 Å². The third-order valence-electron chi connectivity index (χ3n) is 2.47. The van der Waals surface area contributed by atoms with Crippen LogP contribution in [0.4, 0.5) is 0 Å². The zero-order valence-electron chi connectivity index (χ0n) is 9.73. The van der Waals surface area contributed by atoms with E-state index in [9.17, 15) is 4.79 Å². The molecule has 0 unspecified atom stereocenters. The van der Waals surface area contributed by atoms with Gasteiger partial charge in [-0.25, -0.2) is 0 Å². The largest absolute Gasteiger partial charge is 0.351 e. The average Bonchev–Trinajstić information content (AvgIpc) is 2.12. The van der Waals surface area contributed by atoms with Crippen molar-refractivity contribution in [3.63, 3.8) is 0 Å². The summed E-state index contributed by atoms with van der Waals surface area (Å²) in [6, 6.07) is 0. The Labute approximate surface area is 87.4 Å². The maximum absolute atomic E-state index is 11.4. The molecule has 3 N–H and O–H groups in total. The van der Waals surface area contributed by atoms with Gasteiger partial charge in [0.1, 0.15) is 0 Å². The summed E-state index contributed by atoms with van der Waals surface area (Å²) in [4.78, 5) is 11.4. The topological polar surface area (TPSA) is 55.1 Å². The summed E-state index contributed by atoms with van der Waals surface area (Å²) in [7, 11) is 0. The number of rotatable bonds is 7. The molecule has 0 saturated heterocycles. The summed E-state index contributed by atoms with van der Waals surface area (Å²) >= 11 is 0. The highest BCUT2D eigenvalue weighted by Crippen LogP contribution is 2.08. The highest BCUT2D eigenvalue weighted by atomic mass is 16.1. The molecule has 0 aromatic heterocycles. The van der Waals surface area contributed by atoms with Crippen LogP contribution >= 0.6 is 0 Å². The number of nitrogens with one attached hydrogen (secondary N) is 1. The van der Waals surface area contributed by atoms with Crippen LogP contribution in [0.3, 0.4) is 0 Å². The molecule has 0 aliphatic carbocycles. The van der Waals surface area contributed by atoms with Gasteiger partial charge in [0.15, 0.2) is 0 Å². The van der Waals surface area contributed by atoms with Crippen molar-refractivity contribution in [3.05, 3.63) is 0 Å². The number of hydrogen-bond acceptors (Lipinski definition) is 2. The number of hydrogen-bond donors (Lipinski definition) is 2. The van der Waals surface area contributed by atoms with E-state index >= 15 is 0 Å². The molecule has 0 radical (unpaired) electrons. The minimum atomic E-state index is -0.0645. The third kappa shape index (κ3) is 6.89. The maximum Gasteiger partial charge on any atom is 0.220 e. The lowest BCUT2D eigenvalue weighted by Crippen LogP contribution is -2.42. The maximum atomic E-state index is 11.4. The van der Waals surface area contributed by atoms with Crippen molar-refractivity contribution in [2.45, 2.75) is 58.4 Å². The zero-order valence-corrected chi connectivity index (χ0v) is 9.73. The lowest BCUT2D eigenvalue weighted by molar-refractivity contribution is -0.122. The molecule has 0 aliphatic rings. The van der Waals surface area contributed by atoms with Crippen LogP contribution in [0, 0.1) is 0 Å². The summed E-state index contributed by atoms with van der Waals surface area (Å²) in [6.45, 7) is 6.90. The van der Waals surface area contributed by atoms with Crippen molar-refractivity contribution >= 4 is 5.91 Å². The number of carbonyl (C=O) groups is 1. The fourth-order valence-corrected chi connectivity index (χ4v) is 1.13. The molecular weight excluding hydrogens is 176 g/mol. The van der Waals surface area contributed by atoms with Crippen LogP contribution in [0.1, 0.15) is 52.9 Å². The quantitative estimate of drug-likeness (QED) is 0.616. The second kappa shape index (κ2) is 6.82. The first kappa shape index (κ1) is 13.4. The number of amides is 1. The number of nitrogens with two attached hydrogens (primary N) is 1. The Hall–Kier alpha value is -0.570. The van der Waals surface area contributed by atoms with E-state index in [4.69, 9.17) is 5.73 Å². The second-order valence-corrected chi connectivity index (χ2v) is 4.38. The van der Waals surface area contributed by atoms with Crippen molar-refractivity contribution < 1.29 is 4.79 Å². The predicted molar refractivity (Wildman–Crippen MR) is 60.0 cm³/mol. The highest BCUT2D eigenvalue weighted by molar-refractivity contribution is 5.76. The van der Waals surface area contributed by atoms with Gasteiger partial charge in [0.05, 0.1) is 0 Å². The van der Waals surface area contributed by atoms with E-state index in [1.807, 2.05) is 13.8 Å². The summed E-state index contributed by atoms with van der Waals surface area (Å²) in [5.41, 5.74) is 5.30. The summed E-state index contributed by atoms with van der Waals surface area (Å²) in [5, 5.41) is 3.01. The van der Waals surface area contributed by atoms with Gasteiger partial charge < -0.3 is 11.1 Å². The zero-order chi connectivity index (χ0) is 11.0. The smallest absolute Gasteiger partial charge is 0.220 e. The molecule has 14 heavy (non-hydrogen) atoms. The molecule has 3 heteroatoms. The minimum absolute atomic E-state index is 0.0645. The minimum Gasteiger partial charge on any atom is -0.351 e.